The Morgan fingerprint density at radius 3 is 0.889 bits per heavy atom. The van der Waals surface area contributed by atoms with Crippen LogP contribution in [0.2, 0.25) is 0 Å². The number of aliphatic carboxylic acids is 1. The number of hydrogen-bond donors (Lipinski definition) is 1. The van der Waals surface area contributed by atoms with E-state index in [4.69, 9.17) is 9.84 Å². The maximum atomic E-state index is 11.9. The fourth-order valence-corrected chi connectivity index (χ4v) is 6.46. The Labute approximate surface area is 282 Å². The molecule has 0 aliphatic carbocycles. The van der Waals surface area contributed by atoms with E-state index in [1.54, 1.807) is 0 Å². The molecule has 0 spiro atoms. The Kier molecular flexibility index (Phi) is 38.2. The van der Waals surface area contributed by atoms with E-state index in [0.717, 1.165) is 25.7 Å². The maximum absolute atomic E-state index is 11.9. The van der Waals surface area contributed by atoms with Gasteiger partial charge in [-0.25, -0.2) is 0 Å². The van der Waals surface area contributed by atoms with Crippen LogP contribution in [0.3, 0.4) is 0 Å². The molecule has 0 saturated heterocycles. The van der Waals surface area contributed by atoms with E-state index in [2.05, 4.69) is 6.92 Å². The van der Waals surface area contributed by atoms with Gasteiger partial charge in [-0.05, 0) is 19.3 Å². The van der Waals surface area contributed by atoms with Crippen LogP contribution in [0.4, 0.5) is 0 Å². The van der Waals surface area contributed by atoms with Crippen LogP contribution in [0.5, 0.6) is 0 Å². The summed E-state index contributed by atoms with van der Waals surface area (Å²) in [6, 6.07) is 0. The number of carbonyl (C=O) groups is 2. The molecule has 268 valence electrons. The third-order valence-corrected chi connectivity index (χ3v) is 9.53. The summed E-state index contributed by atoms with van der Waals surface area (Å²) in [5, 5.41) is 8.64. The molecule has 0 aromatic heterocycles. The molecule has 4 heteroatoms. The highest BCUT2D eigenvalue weighted by atomic mass is 16.5. The van der Waals surface area contributed by atoms with Crippen molar-refractivity contribution in [2.75, 3.05) is 6.61 Å². The van der Waals surface area contributed by atoms with Gasteiger partial charge in [0.25, 0.3) is 0 Å². The lowest BCUT2D eigenvalue weighted by molar-refractivity contribution is -0.144. The Morgan fingerprint density at radius 1 is 0.356 bits per heavy atom. The minimum absolute atomic E-state index is 0.0177. The van der Waals surface area contributed by atoms with Gasteiger partial charge in [0, 0.05) is 12.8 Å². The summed E-state index contributed by atoms with van der Waals surface area (Å²) in [5.41, 5.74) is 0. The van der Waals surface area contributed by atoms with Gasteiger partial charge in [-0.1, -0.05) is 212 Å². The normalized spacial score (nSPS) is 11.3. The summed E-state index contributed by atoms with van der Waals surface area (Å²) in [6.45, 7) is 2.90. The van der Waals surface area contributed by atoms with E-state index in [1.807, 2.05) is 0 Å². The number of carboxylic acids is 1. The van der Waals surface area contributed by atoms with Crippen LogP contribution in [0, 0.1) is 0 Å². The van der Waals surface area contributed by atoms with Crippen molar-refractivity contribution in [2.24, 2.45) is 0 Å². The maximum Gasteiger partial charge on any atom is 0.305 e. The van der Waals surface area contributed by atoms with Crippen molar-refractivity contribution in [2.45, 2.75) is 244 Å². The molecule has 0 aliphatic rings. The molecule has 0 unspecified atom stereocenters. The summed E-state index contributed by atoms with van der Waals surface area (Å²) in [4.78, 5) is 22.4. The Bertz CT molecular complexity index is 590. The van der Waals surface area contributed by atoms with E-state index in [0.29, 0.717) is 19.4 Å². The van der Waals surface area contributed by atoms with Gasteiger partial charge in [0.05, 0.1) is 6.61 Å². The second kappa shape index (κ2) is 39.1. The van der Waals surface area contributed by atoms with Crippen molar-refractivity contribution in [3.05, 3.63) is 0 Å². The molecule has 0 heterocycles. The molecule has 0 radical (unpaired) electrons. The second-order valence-electron chi connectivity index (χ2n) is 14.1. The van der Waals surface area contributed by atoms with Crippen molar-refractivity contribution in [3.63, 3.8) is 0 Å². The lowest BCUT2D eigenvalue weighted by Gasteiger charge is -2.06. The van der Waals surface area contributed by atoms with E-state index in [9.17, 15) is 9.59 Å². The Morgan fingerprint density at radius 2 is 0.600 bits per heavy atom. The van der Waals surface area contributed by atoms with Crippen molar-refractivity contribution in [1.29, 1.82) is 0 Å². The third kappa shape index (κ3) is 40.9. The van der Waals surface area contributed by atoms with Crippen LogP contribution in [0.25, 0.3) is 0 Å². The molecule has 0 aliphatic heterocycles. The summed E-state index contributed by atoms with van der Waals surface area (Å²) in [7, 11) is 0. The average molecular weight is 637 g/mol. The summed E-state index contributed by atoms with van der Waals surface area (Å²) in [6.07, 6.45) is 47.1. The van der Waals surface area contributed by atoms with E-state index in [-0.39, 0.29) is 5.97 Å². The summed E-state index contributed by atoms with van der Waals surface area (Å²) < 4.78 is 5.44. The first-order chi connectivity index (χ1) is 22.2. The minimum Gasteiger partial charge on any atom is -0.481 e. The lowest BCUT2D eigenvalue weighted by Crippen LogP contribution is -2.05. The minimum atomic E-state index is -0.655. The molecule has 0 amide bonds. The van der Waals surface area contributed by atoms with Crippen LogP contribution >= 0.6 is 0 Å². The molecule has 0 aromatic rings. The Balaban J connectivity index is 3.13. The Hall–Kier alpha value is -1.06. The molecule has 0 fully saturated rings. The van der Waals surface area contributed by atoms with E-state index >= 15 is 0 Å². The van der Waals surface area contributed by atoms with Gasteiger partial charge < -0.3 is 9.84 Å². The smallest absolute Gasteiger partial charge is 0.305 e. The van der Waals surface area contributed by atoms with Crippen LogP contribution < -0.4 is 0 Å². The van der Waals surface area contributed by atoms with Crippen LogP contribution in [-0.2, 0) is 14.3 Å². The summed E-state index contributed by atoms with van der Waals surface area (Å²) >= 11 is 0. The molecule has 0 saturated carbocycles. The van der Waals surface area contributed by atoms with Gasteiger partial charge in [-0.3, -0.25) is 9.59 Å². The zero-order chi connectivity index (χ0) is 32.7. The standard InChI is InChI=1S/C41H80O4/c1-2-3-4-5-6-7-22-26-29-32-35-38-41(44)45-39-36-33-30-27-24-21-19-17-15-13-11-9-8-10-12-14-16-18-20-23-25-28-31-34-37-40(42)43/h2-39H2,1H3,(H,42,43). The molecule has 1 N–H and O–H groups in total. The van der Waals surface area contributed by atoms with E-state index < -0.39 is 5.97 Å². The fraction of sp³-hybridized carbons (Fsp3) is 0.951. The zero-order valence-electron chi connectivity index (χ0n) is 30.5. The number of carbonyl (C=O) groups excluding carboxylic acids is 1. The average Bonchev–Trinajstić information content (AvgIpc) is 3.03. The van der Waals surface area contributed by atoms with Gasteiger partial charge in [0.1, 0.15) is 0 Å². The fourth-order valence-electron chi connectivity index (χ4n) is 6.46. The second-order valence-corrected chi connectivity index (χ2v) is 14.1. The topological polar surface area (TPSA) is 63.6 Å². The van der Waals surface area contributed by atoms with Crippen LogP contribution in [0.1, 0.15) is 244 Å². The van der Waals surface area contributed by atoms with Gasteiger partial charge in [0.15, 0.2) is 0 Å². The highest BCUT2D eigenvalue weighted by molar-refractivity contribution is 5.69. The first-order valence-electron chi connectivity index (χ1n) is 20.5. The molecule has 45 heavy (non-hydrogen) atoms. The molecule has 4 nitrogen and oxygen atoms in total. The highest BCUT2D eigenvalue weighted by Gasteiger charge is 2.03. The molecule has 0 aromatic carbocycles. The number of hydrogen-bond acceptors (Lipinski definition) is 3. The van der Waals surface area contributed by atoms with Gasteiger partial charge >= 0.3 is 11.9 Å². The van der Waals surface area contributed by atoms with Crippen LogP contribution in [-0.4, -0.2) is 23.7 Å². The molecule has 0 rings (SSSR count). The number of unbranched alkanes of at least 4 members (excludes halogenated alkanes) is 33. The highest BCUT2D eigenvalue weighted by Crippen LogP contribution is 2.16. The third-order valence-electron chi connectivity index (χ3n) is 9.53. The molecular formula is C41H80O4. The van der Waals surface area contributed by atoms with E-state index in [1.165, 1.54) is 199 Å². The lowest BCUT2D eigenvalue weighted by atomic mass is 10.0. The van der Waals surface area contributed by atoms with Crippen molar-refractivity contribution < 1.29 is 19.4 Å². The first-order valence-corrected chi connectivity index (χ1v) is 20.5. The number of carboxylic acid groups (broad SMARTS) is 1. The molecule has 0 atom stereocenters. The zero-order valence-corrected chi connectivity index (χ0v) is 30.5. The number of ether oxygens (including phenoxy) is 1. The predicted octanol–water partition coefficient (Wildman–Crippen LogP) is 14.1. The van der Waals surface area contributed by atoms with Gasteiger partial charge in [-0.15, -0.1) is 0 Å². The summed E-state index contributed by atoms with van der Waals surface area (Å²) in [5.74, 6) is -0.638. The molecular weight excluding hydrogens is 556 g/mol. The molecule has 0 bridgehead atoms. The quantitative estimate of drug-likeness (QED) is 0.0538. The largest absolute Gasteiger partial charge is 0.481 e. The van der Waals surface area contributed by atoms with Crippen molar-refractivity contribution >= 4 is 11.9 Å². The first kappa shape index (κ1) is 43.9. The SMILES string of the molecule is CCCCCCCCCCCCCC(=O)OCCCCCCCCCCCCCCCCCCCCCCCCCCC(=O)O. The number of rotatable bonds is 39. The number of esters is 1. The van der Waals surface area contributed by atoms with Gasteiger partial charge in [-0.2, -0.15) is 0 Å². The van der Waals surface area contributed by atoms with Crippen molar-refractivity contribution in [1.82, 2.24) is 0 Å². The monoisotopic (exact) mass is 637 g/mol. The van der Waals surface area contributed by atoms with Gasteiger partial charge in [0.2, 0.25) is 0 Å². The predicted molar refractivity (Wildman–Crippen MR) is 195 cm³/mol. The van der Waals surface area contributed by atoms with Crippen LogP contribution in [0.15, 0.2) is 0 Å². The van der Waals surface area contributed by atoms with Crippen molar-refractivity contribution in [3.8, 4) is 0 Å².